The van der Waals surface area contributed by atoms with Crippen molar-refractivity contribution in [2.24, 2.45) is 0 Å². The lowest BCUT2D eigenvalue weighted by atomic mass is 10.2. The van der Waals surface area contributed by atoms with Gasteiger partial charge in [0, 0.05) is 12.5 Å². The van der Waals surface area contributed by atoms with Crippen LogP contribution in [0.25, 0.3) is 0 Å². The molecular formula is C15H17NO3S. The first-order valence-corrected chi connectivity index (χ1v) is 8.17. The molecule has 0 aliphatic heterocycles. The van der Waals surface area contributed by atoms with Gasteiger partial charge in [-0.1, -0.05) is 36.4 Å². The summed E-state index contributed by atoms with van der Waals surface area (Å²) in [5.74, 6) is 0.648. The van der Waals surface area contributed by atoms with Crippen LogP contribution in [0, 0.1) is 0 Å². The van der Waals surface area contributed by atoms with Crippen molar-refractivity contribution in [3.63, 3.8) is 0 Å². The van der Waals surface area contributed by atoms with E-state index in [4.69, 9.17) is 4.74 Å². The summed E-state index contributed by atoms with van der Waals surface area (Å²) < 4.78 is 30.4. The lowest BCUT2D eigenvalue weighted by Gasteiger charge is -2.09. The molecule has 0 amide bonds. The van der Waals surface area contributed by atoms with E-state index >= 15 is 0 Å². The minimum Gasteiger partial charge on any atom is -0.493 e. The maximum Gasteiger partial charge on any atom is 0.229 e. The van der Waals surface area contributed by atoms with Crippen LogP contribution < -0.4 is 9.46 Å². The molecule has 0 unspecified atom stereocenters. The van der Waals surface area contributed by atoms with Crippen molar-refractivity contribution >= 4 is 15.7 Å². The van der Waals surface area contributed by atoms with Gasteiger partial charge in [-0.2, -0.15) is 0 Å². The normalized spacial score (nSPS) is 11.1. The molecule has 20 heavy (non-hydrogen) atoms. The Hall–Kier alpha value is -2.01. The Morgan fingerprint density at radius 1 is 1.05 bits per heavy atom. The molecule has 0 bridgehead atoms. The van der Waals surface area contributed by atoms with Gasteiger partial charge in [-0.05, 0) is 17.7 Å². The Bertz CT molecular complexity index is 654. The van der Waals surface area contributed by atoms with Crippen LogP contribution >= 0.6 is 0 Å². The molecule has 0 radical (unpaired) electrons. The summed E-state index contributed by atoms with van der Waals surface area (Å²) in [4.78, 5) is 0. The van der Waals surface area contributed by atoms with Crippen LogP contribution in [0.2, 0.25) is 0 Å². The van der Waals surface area contributed by atoms with Crippen molar-refractivity contribution in [2.75, 3.05) is 17.6 Å². The van der Waals surface area contributed by atoms with Crippen LogP contribution in [-0.4, -0.2) is 21.3 Å². The summed E-state index contributed by atoms with van der Waals surface area (Å²) in [6, 6.07) is 17.0. The topological polar surface area (TPSA) is 55.4 Å². The van der Waals surface area contributed by atoms with E-state index in [1.165, 1.54) is 5.56 Å². The number of anilines is 1. The van der Waals surface area contributed by atoms with Crippen molar-refractivity contribution in [2.45, 2.75) is 6.42 Å². The molecular weight excluding hydrogens is 274 g/mol. The van der Waals surface area contributed by atoms with Crippen molar-refractivity contribution in [3.8, 4) is 5.75 Å². The van der Waals surface area contributed by atoms with Gasteiger partial charge in [0.1, 0.15) is 5.75 Å². The number of benzene rings is 2. The fourth-order valence-corrected chi connectivity index (χ4v) is 2.35. The summed E-state index contributed by atoms with van der Waals surface area (Å²) in [7, 11) is -3.26. The molecule has 0 heterocycles. The third-order valence-electron chi connectivity index (χ3n) is 2.64. The van der Waals surface area contributed by atoms with Gasteiger partial charge >= 0.3 is 0 Å². The second-order valence-corrected chi connectivity index (χ2v) is 6.23. The van der Waals surface area contributed by atoms with Gasteiger partial charge in [-0.25, -0.2) is 8.42 Å². The zero-order valence-corrected chi connectivity index (χ0v) is 12.1. The summed E-state index contributed by atoms with van der Waals surface area (Å²) in [6.45, 7) is 0.548. The molecule has 1 N–H and O–H groups in total. The smallest absolute Gasteiger partial charge is 0.229 e. The van der Waals surface area contributed by atoms with Crippen molar-refractivity contribution in [1.29, 1.82) is 0 Å². The molecule has 106 valence electrons. The van der Waals surface area contributed by atoms with E-state index in [1.54, 1.807) is 24.3 Å². The molecule has 0 aromatic heterocycles. The fraction of sp³-hybridized carbons (Fsp3) is 0.200. The molecule has 4 nitrogen and oxygen atoms in total. The number of rotatable bonds is 6. The van der Waals surface area contributed by atoms with Crippen LogP contribution in [0.5, 0.6) is 5.75 Å². The van der Waals surface area contributed by atoms with Crippen molar-refractivity contribution < 1.29 is 13.2 Å². The third-order valence-corrected chi connectivity index (χ3v) is 3.25. The highest BCUT2D eigenvalue weighted by atomic mass is 32.2. The number of hydrogen-bond acceptors (Lipinski definition) is 3. The molecule has 0 saturated carbocycles. The Morgan fingerprint density at radius 3 is 2.50 bits per heavy atom. The van der Waals surface area contributed by atoms with Gasteiger partial charge in [0.15, 0.2) is 0 Å². The number of hydrogen-bond donors (Lipinski definition) is 1. The highest BCUT2D eigenvalue weighted by Crippen LogP contribution is 2.18. The number of ether oxygens (including phenoxy) is 1. The molecule has 5 heteroatoms. The Balaban J connectivity index is 1.92. The summed E-state index contributed by atoms with van der Waals surface area (Å²) >= 11 is 0. The third kappa shape index (κ3) is 4.93. The maximum absolute atomic E-state index is 11.2. The largest absolute Gasteiger partial charge is 0.493 e. The molecule has 0 atom stereocenters. The SMILES string of the molecule is CS(=O)(=O)Nc1cccc(OCCc2ccccc2)c1. The van der Waals surface area contributed by atoms with Crippen LogP contribution in [0.1, 0.15) is 5.56 Å². The second kappa shape index (κ2) is 6.43. The van der Waals surface area contributed by atoms with Gasteiger partial charge in [-0.15, -0.1) is 0 Å². The van der Waals surface area contributed by atoms with Gasteiger partial charge in [0.25, 0.3) is 0 Å². The number of nitrogens with one attached hydrogen (secondary N) is 1. The monoisotopic (exact) mass is 291 g/mol. The van der Waals surface area contributed by atoms with Crippen LogP contribution in [0.4, 0.5) is 5.69 Å². The minimum absolute atomic E-state index is 0.504. The molecule has 2 aromatic carbocycles. The van der Waals surface area contributed by atoms with Crippen LogP contribution in [-0.2, 0) is 16.4 Å². The maximum atomic E-state index is 11.2. The van der Waals surface area contributed by atoms with E-state index in [0.29, 0.717) is 18.0 Å². The molecule has 2 rings (SSSR count). The van der Waals surface area contributed by atoms with Gasteiger partial charge < -0.3 is 4.74 Å². The molecule has 0 fully saturated rings. The Morgan fingerprint density at radius 2 is 1.80 bits per heavy atom. The van der Waals surface area contributed by atoms with E-state index in [1.807, 2.05) is 30.3 Å². The summed E-state index contributed by atoms with van der Waals surface area (Å²) in [5.41, 5.74) is 1.71. The molecule has 0 spiro atoms. The minimum atomic E-state index is -3.26. The zero-order chi connectivity index (χ0) is 14.4. The first-order valence-electron chi connectivity index (χ1n) is 6.27. The lowest BCUT2D eigenvalue weighted by Crippen LogP contribution is -2.09. The van der Waals surface area contributed by atoms with E-state index in [-0.39, 0.29) is 0 Å². The standard InChI is InChI=1S/C15H17NO3S/c1-20(17,18)16-14-8-5-9-15(12-14)19-11-10-13-6-3-2-4-7-13/h2-9,12,16H,10-11H2,1H3. The average Bonchev–Trinajstić information content (AvgIpc) is 2.38. The quantitative estimate of drug-likeness (QED) is 0.890. The number of sulfonamides is 1. The summed E-state index contributed by atoms with van der Waals surface area (Å²) in [6.07, 6.45) is 1.93. The van der Waals surface area contributed by atoms with E-state index in [2.05, 4.69) is 4.72 Å². The second-order valence-electron chi connectivity index (χ2n) is 4.49. The summed E-state index contributed by atoms with van der Waals surface area (Å²) in [5, 5.41) is 0. The van der Waals surface area contributed by atoms with E-state index in [0.717, 1.165) is 12.7 Å². The highest BCUT2D eigenvalue weighted by Gasteiger charge is 2.03. The zero-order valence-electron chi connectivity index (χ0n) is 11.2. The molecule has 0 aliphatic rings. The molecule has 2 aromatic rings. The first kappa shape index (κ1) is 14.4. The van der Waals surface area contributed by atoms with Crippen molar-refractivity contribution in [1.82, 2.24) is 0 Å². The van der Waals surface area contributed by atoms with Gasteiger partial charge in [0.2, 0.25) is 10.0 Å². The van der Waals surface area contributed by atoms with Crippen molar-refractivity contribution in [3.05, 3.63) is 60.2 Å². The lowest BCUT2D eigenvalue weighted by molar-refractivity contribution is 0.322. The predicted octanol–water partition coefficient (Wildman–Crippen LogP) is 2.68. The van der Waals surface area contributed by atoms with E-state index in [9.17, 15) is 8.42 Å². The first-order chi connectivity index (χ1) is 9.53. The Kier molecular flexibility index (Phi) is 4.63. The molecule has 0 aliphatic carbocycles. The van der Waals surface area contributed by atoms with Gasteiger partial charge in [0.05, 0.1) is 18.6 Å². The van der Waals surface area contributed by atoms with E-state index < -0.39 is 10.0 Å². The van der Waals surface area contributed by atoms with Crippen LogP contribution in [0.15, 0.2) is 54.6 Å². The molecule has 0 saturated heterocycles. The highest BCUT2D eigenvalue weighted by molar-refractivity contribution is 7.92. The Labute approximate surface area is 119 Å². The fourth-order valence-electron chi connectivity index (χ4n) is 1.79. The van der Waals surface area contributed by atoms with Gasteiger partial charge in [-0.3, -0.25) is 4.72 Å². The average molecular weight is 291 g/mol. The van der Waals surface area contributed by atoms with Crippen LogP contribution in [0.3, 0.4) is 0 Å². The predicted molar refractivity (Wildman–Crippen MR) is 80.5 cm³/mol.